The molecule has 7 nitrogen and oxygen atoms in total. The fourth-order valence-corrected chi connectivity index (χ4v) is 6.95. The summed E-state index contributed by atoms with van der Waals surface area (Å²) in [5.41, 5.74) is -1.31. The molecule has 1 saturated heterocycles. The van der Waals surface area contributed by atoms with Crippen LogP contribution in [0.15, 0.2) is 11.6 Å². The van der Waals surface area contributed by atoms with Gasteiger partial charge in [-0.2, -0.15) is 0 Å². The van der Waals surface area contributed by atoms with Crippen LogP contribution in [0.1, 0.15) is 33.6 Å². The second kappa shape index (κ2) is 5.86. The van der Waals surface area contributed by atoms with Crippen LogP contribution in [0, 0.1) is 34.5 Å². The lowest BCUT2D eigenvalue weighted by molar-refractivity contribution is -0.267. The Morgan fingerprint density at radius 1 is 1.26 bits per heavy atom. The zero-order valence-electron chi connectivity index (χ0n) is 15.8. The van der Waals surface area contributed by atoms with Gasteiger partial charge in [0.2, 0.25) is 0 Å². The van der Waals surface area contributed by atoms with Crippen LogP contribution < -0.4 is 0 Å². The fourth-order valence-electron chi connectivity index (χ4n) is 6.95. The van der Waals surface area contributed by atoms with E-state index in [4.69, 9.17) is 4.74 Å². The minimum absolute atomic E-state index is 0.0211. The lowest BCUT2D eigenvalue weighted by Gasteiger charge is -2.67. The Labute approximate surface area is 158 Å². The highest BCUT2D eigenvalue weighted by Gasteiger charge is 2.74. The van der Waals surface area contributed by atoms with Gasteiger partial charge in [-0.3, -0.25) is 9.59 Å². The molecule has 27 heavy (non-hydrogen) atoms. The number of carbonyl (C=O) groups excluding carboxylic acids is 2. The van der Waals surface area contributed by atoms with Gasteiger partial charge in [-0.25, -0.2) is 0 Å². The van der Waals surface area contributed by atoms with Crippen LogP contribution in [0.4, 0.5) is 0 Å². The van der Waals surface area contributed by atoms with E-state index in [0.29, 0.717) is 6.42 Å². The predicted octanol–water partition coefficient (Wildman–Crippen LogP) is -0.199. The quantitative estimate of drug-likeness (QED) is 0.367. The first-order valence-electron chi connectivity index (χ1n) is 9.67. The molecule has 0 aromatic heterocycles. The van der Waals surface area contributed by atoms with Gasteiger partial charge in [0.1, 0.15) is 12.2 Å². The van der Waals surface area contributed by atoms with E-state index in [1.165, 1.54) is 0 Å². The van der Waals surface area contributed by atoms with Crippen molar-refractivity contribution >= 4 is 11.8 Å². The largest absolute Gasteiger partial charge is 0.462 e. The Bertz CT molecular complexity index is 717. The number of carbonyl (C=O) groups is 2. The van der Waals surface area contributed by atoms with Crippen LogP contribution in [-0.4, -0.2) is 63.2 Å². The third-order valence-corrected chi connectivity index (χ3v) is 8.24. The predicted molar refractivity (Wildman–Crippen MR) is 93.2 cm³/mol. The highest BCUT2D eigenvalue weighted by Crippen LogP contribution is 2.67. The monoisotopic (exact) mass is 380 g/mol. The summed E-state index contributed by atoms with van der Waals surface area (Å²) in [6.45, 7) is 4.94. The summed E-state index contributed by atoms with van der Waals surface area (Å²) < 4.78 is 5.65. The Balaban J connectivity index is 1.97. The maximum atomic E-state index is 13.4. The molecule has 3 fully saturated rings. The zero-order chi connectivity index (χ0) is 19.9. The minimum atomic E-state index is -1.28. The summed E-state index contributed by atoms with van der Waals surface area (Å²) in [6.07, 6.45) is -2.32. The molecule has 7 heteroatoms. The molecule has 10 atom stereocenters. The first-order chi connectivity index (χ1) is 12.6. The zero-order valence-corrected chi connectivity index (χ0v) is 15.8. The number of hydrogen-bond donors (Lipinski definition) is 4. The molecular weight excluding hydrogens is 352 g/mol. The van der Waals surface area contributed by atoms with E-state index in [1.807, 2.05) is 6.92 Å². The number of allylic oxidation sites excluding steroid dienone is 1. The van der Waals surface area contributed by atoms with E-state index < -0.39 is 58.8 Å². The third kappa shape index (κ3) is 2.11. The molecule has 0 aromatic rings. The van der Waals surface area contributed by atoms with Gasteiger partial charge in [0.05, 0.1) is 18.8 Å². The molecule has 1 heterocycles. The van der Waals surface area contributed by atoms with Gasteiger partial charge >= 0.3 is 5.97 Å². The molecule has 2 saturated carbocycles. The molecule has 4 rings (SSSR count). The fraction of sp³-hybridized carbons (Fsp3) is 0.800. The molecule has 0 bridgehead atoms. The average molecular weight is 380 g/mol. The molecule has 0 amide bonds. The van der Waals surface area contributed by atoms with Gasteiger partial charge in [0.15, 0.2) is 5.78 Å². The number of Topliss-reactive ketones (excluding diaryl/α,β-unsaturated/α-hetero) is 1. The summed E-state index contributed by atoms with van der Waals surface area (Å²) in [6, 6.07) is 0. The second-order valence-corrected chi connectivity index (χ2v) is 9.20. The van der Waals surface area contributed by atoms with E-state index in [9.17, 15) is 30.0 Å². The number of esters is 1. The molecule has 3 aliphatic carbocycles. The van der Waals surface area contributed by atoms with E-state index >= 15 is 0 Å². The number of rotatable bonds is 1. The highest BCUT2D eigenvalue weighted by molar-refractivity contribution is 5.89. The van der Waals surface area contributed by atoms with Gasteiger partial charge in [0, 0.05) is 23.2 Å². The van der Waals surface area contributed by atoms with E-state index in [1.54, 1.807) is 19.9 Å². The minimum Gasteiger partial charge on any atom is -0.462 e. The molecular formula is C20H28O7. The Morgan fingerprint density at radius 3 is 2.56 bits per heavy atom. The topological polar surface area (TPSA) is 124 Å². The third-order valence-electron chi connectivity index (χ3n) is 8.24. The van der Waals surface area contributed by atoms with Crippen molar-refractivity contribution in [1.29, 1.82) is 0 Å². The van der Waals surface area contributed by atoms with Crippen molar-refractivity contribution in [3.63, 3.8) is 0 Å². The van der Waals surface area contributed by atoms with E-state index in [2.05, 4.69) is 0 Å². The Hall–Kier alpha value is -1.28. The summed E-state index contributed by atoms with van der Waals surface area (Å²) in [5, 5.41) is 42.6. The molecule has 4 aliphatic rings. The first-order valence-corrected chi connectivity index (χ1v) is 9.67. The normalized spacial score (nSPS) is 54.6. The second-order valence-electron chi connectivity index (χ2n) is 9.20. The number of hydrogen-bond acceptors (Lipinski definition) is 7. The number of ether oxygens (including phenoxy) is 1. The van der Waals surface area contributed by atoms with Crippen molar-refractivity contribution in [2.75, 3.05) is 6.61 Å². The van der Waals surface area contributed by atoms with Crippen LogP contribution in [0.25, 0.3) is 0 Å². The molecule has 0 radical (unpaired) electrons. The number of aliphatic hydroxyl groups excluding tert-OH is 4. The van der Waals surface area contributed by atoms with Gasteiger partial charge in [0.25, 0.3) is 0 Å². The highest BCUT2D eigenvalue weighted by atomic mass is 16.5. The van der Waals surface area contributed by atoms with Crippen LogP contribution in [0.5, 0.6) is 0 Å². The SMILES string of the molecule is CC1=C[C@H](O)[C@H](O)[C@@]2(C)[C@H]1C[C@@H]1OC(=O)C[C@H]3[C@H](C)[C@@H](O)C(=O)[C@@H]2[C@@]13CO. The maximum absolute atomic E-state index is 13.4. The molecule has 1 aliphatic heterocycles. The smallest absolute Gasteiger partial charge is 0.306 e. The van der Waals surface area contributed by atoms with Crippen molar-refractivity contribution in [3.8, 4) is 0 Å². The summed E-state index contributed by atoms with van der Waals surface area (Å²) in [7, 11) is 0. The van der Waals surface area contributed by atoms with Crippen LogP contribution in [0.2, 0.25) is 0 Å². The summed E-state index contributed by atoms with van der Waals surface area (Å²) in [4.78, 5) is 25.6. The molecule has 4 N–H and O–H groups in total. The van der Waals surface area contributed by atoms with Crippen molar-refractivity contribution in [1.82, 2.24) is 0 Å². The van der Waals surface area contributed by atoms with Gasteiger partial charge in [-0.15, -0.1) is 0 Å². The Kier molecular flexibility index (Phi) is 4.14. The lowest BCUT2D eigenvalue weighted by atomic mass is 9.38. The van der Waals surface area contributed by atoms with E-state index in [0.717, 1.165) is 5.57 Å². The molecule has 0 spiro atoms. The summed E-state index contributed by atoms with van der Waals surface area (Å²) in [5.74, 6) is -2.98. The Morgan fingerprint density at radius 2 is 1.93 bits per heavy atom. The maximum Gasteiger partial charge on any atom is 0.306 e. The van der Waals surface area contributed by atoms with Crippen molar-refractivity contribution in [2.45, 2.75) is 58.0 Å². The number of ketones is 1. The lowest BCUT2D eigenvalue weighted by Crippen LogP contribution is -2.75. The molecule has 150 valence electrons. The number of fused-ring (bicyclic) bond motifs is 2. The van der Waals surface area contributed by atoms with Crippen molar-refractivity contribution < 1.29 is 34.8 Å². The average Bonchev–Trinajstić information content (AvgIpc) is 2.62. The van der Waals surface area contributed by atoms with E-state index in [-0.39, 0.29) is 24.9 Å². The summed E-state index contributed by atoms with van der Waals surface area (Å²) >= 11 is 0. The number of aliphatic hydroxyl groups is 4. The van der Waals surface area contributed by atoms with Crippen LogP contribution in [0.3, 0.4) is 0 Å². The van der Waals surface area contributed by atoms with Gasteiger partial charge in [-0.05, 0) is 31.1 Å². The van der Waals surface area contributed by atoms with Gasteiger partial charge in [-0.1, -0.05) is 25.5 Å². The molecule has 0 aromatic carbocycles. The molecule has 0 unspecified atom stereocenters. The van der Waals surface area contributed by atoms with Gasteiger partial charge < -0.3 is 25.2 Å². The van der Waals surface area contributed by atoms with Crippen LogP contribution in [-0.2, 0) is 14.3 Å². The standard InChI is InChI=1S/C20H28O7/c1-8-4-12(22)18(26)19(3)10(8)5-13-20(7-21)11(6-14(23)27-13)9(2)15(24)16(25)17(19)20/h4,9-13,15,17-18,21-22,24,26H,5-7H2,1-3H3/t9-,10-,11-,12-,13-,15+,17-,18-,19-,20+/m0/s1. The van der Waals surface area contributed by atoms with Crippen LogP contribution >= 0.6 is 0 Å². The van der Waals surface area contributed by atoms with Crippen molar-refractivity contribution in [2.24, 2.45) is 34.5 Å². The first kappa shape index (κ1) is 19.1. The van der Waals surface area contributed by atoms with Crippen molar-refractivity contribution in [3.05, 3.63) is 11.6 Å².